The van der Waals surface area contributed by atoms with Crippen molar-refractivity contribution in [2.45, 2.75) is 58.4 Å². The lowest BCUT2D eigenvalue weighted by atomic mass is 9.95. The first-order valence-electron chi connectivity index (χ1n) is 8.71. The average Bonchev–Trinajstić information content (AvgIpc) is 2.56. The van der Waals surface area contributed by atoms with Crippen molar-refractivity contribution < 1.29 is 0 Å². The van der Waals surface area contributed by atoms with E-state index in [0.29, 0.717) is 6.04 Å². The predicted octanol–water partition coefficient (Wildman–Crippen LogP) is 4.84. The maximum atomic E-state index is 4.53. The van der Waals surface area contributed by atoms with Crippen LogP contribution in [0.25, 0.3) is 0 Å². The number of nitrogens with zero attached hydrogens (tertiary/aromatic N) is 2. The minimum Gasteiger partial charge on any atom is -0.367 e. The molecule has 122 valence electrons. The van der Waals surface area contributed by atoms with E-state index in [-0.39, 0.29) is 0 Å². The number of hydrogen-bond acceptors (Lipinski definition) is 4. The lowest BCUT2D eigenvalue weighted by molar-refractivity contribution is 0.462. The standard InChI is InChI=1S/C19H26N4/c1-3-15-9-11-17(12-10-15)23-19-13-18(20-14(2)21-19)22-16-7-5-4-6-8-16/h9-13,16H,3-8H2,1-2H3,(H2,20,21,22,23). The number of benzene rings is 1. The molecule has 0 unspecified atom stereocenters. The molecule has 1 saturated carbocycles. The number of rotatable bonds is 5. The molecule has 0 spiro atoms. The van der Waals surface area contributed by atoms with Crippen molar-refractivity contribution in [1.82, 2.24) is 9.97 Å². The zero-order valence-electron chi connectivity index (χ0n) is 14.1. The van der Waals surface area contributed by atoms with E-state index >= 15 is 0 Å². The van der Waals surface area contributed by atoms with E-state index in [1.807, 2.05) is 13.0 Å². The Morgan fingerprint density at radius 3 is 2.39 bits per heavy atom. The zero-order valence-corrected chi connectivity index (χ0v) is 14.1. The van der Waals surface area contributed by atoms with Crippen LogP contribution >= 0.6 is 0 Å². The van der Waals surface area contributed by atoms with Crippen LogP contribution in [-0.2, 0) is 6.42 Å². The summed E-state index contributed by atoms with van der Waals surface area (Å²) in [5.41, 5.74) is 2.40. The molecule has 0 saturated heterocycles. The summed E-state index contributed by atoms with van der Waals surface area (Å²) < 4.78 is 0. The molecule has 1 aliphatic rings. The van der Waals surface area contributed by atoms with Gasteiger partial charge in [0.1, 0.15) is 17.5 Å². The fourth-order valence-electron chi connectivity index (χ4n) is 3.13. The van der Waals surface area contributed by atoms with Gasteiger partial charge < -0.3 is 10.6 Å². The SMILES string of the molecule is CCc1ccc(Nc2cc(NC3CCCCC3)nc(C)n2)cc1. The van der Waals surface area contributed by atoms with Gasteiger partial charge in [0.25, 0.3) is 0 Å². The van der Waals surface area contributed by atoms with Gasteiger partial charge in [-0.1, -0.05) is 38.3 Å². The van der Waals surface area contributed by atoms with Gasteiger partial charge in [0.2, 0.25) is 0 Å². The molecule has 1 aromatic carbocycles. The number of nitrogens with one attached hydrogen (secondary N) is 2. The summed E-state index contributed by atoms with van der Waals surface area (Å²) in [6.07, 6.45) is 7.53. The first-order valence-corrected chi connectivity index (χ1v) is 8.71. The van der Waals surface area contributed by atoms with Gasteiger partial charge in [0, 0.05) is 17.8 Å². The number of aryl methyl sites for hydroxylation is 2. The van der Waals surface area contributed by atoms with Crippen molar-refractivity contribution in [1.29, 1.82) is 0 Å². The summed E-state index contributed by atoms with van der Waals surface area (Å²) >= 11 is 0. The van der Waals surface area contributed by atoms with Gasteiger partial charge in [-0.05, 0) is 43.9 Å². The Hall–Kier alpha value is -2.10. The van der Waals surface area contributed by atoms with Crippen LogP contribution in [0, 0.1) is 6.92 Å². The molecule has 1 aromatic heterocycles. The van der Waals surface area contributed by atoms with Crippen molar-refractivity contribution in [2.24, 2.45) is 0 Å². The lowest BCUT2D eigenvalue weighted by Crippen LogP contribution is -2.23. The van der Waals surface area contributed by atoms with Crippen molar-refractivity contribution in [2.75, 3.05) is 10.6 Å². The highest BCUT2D eigenvalue weighted by Crippen LogP contribution is 2.23. The largest absolute Gasteiger partial charge is 0.367 e. The molecule has 4 nitrogen and oxygen atoms in total. The number of aromatic nitrogens is 2. The first-order chi connectivity index (χ1) is 11.2. The Balaban J connectivity index is 1.71. The molecule has 0 aliphatic heterocycles. The molecule has 0 atom stereocenters. The van der Waals surface area contributed by atoms with E-state index < -0.39 is 0 Å². The molecular weight excluding hydrogens is 284 g/mol. The summed E-state index contributed by atoms with van der Waals surface area (Å²) in [6, 6.07) is 11.1. The molecule has 2 N–H and O–H groups in total. The molecule has 0 bridgehead atoms. The second kappa shape index (κ2) is 7.44. The zero-order chi connectivity index (χ0) is 16.1. The summed E-state index contributed by atoms with van der Waals surface area (Å²) in [7, 11) is 0. The van der Waals surface area contributed by atoms with Gasteiger partial charge in [-0.25, -0.2) is 9.97 Å². The summed E-state index contributed by atoms with van der Waals surface area (Å²) in [6.45, 7) is 4.11. The molecule has 1 aliphatic carbocycles. The van der Waals surface area contributed by atoms with Crippen LogP contribution in [-0.4, -0.2) is 16.0 Å². The van der Waals surface area contributed by atoms with Crippen molar-refractivity contribution in [3.63, 3.8) is 0 Å². The van der Waals surface area contributed by atoms with E-state index in [1.165, 1.54) is 37.7 Å². The molecule has 1 heterocycles. The fraction of sp³-hybridized carbons (Fsp3) is 0.474. The predicted molar refractivity (Wildman–Crippen MR) is 96.4 cm³/mol. The van der Waals surface area contributed by atoms with Crippen molar-refractivity contribution >= 4 is 17.3 Å². The third kappa shape index (κ3) is 4.44. The normalized spacial score (nSPS) is 15.4. The summed E-state index contributed by atoms with van der Waals surface area (Å²) in [4.78, 5) is 9.04. The maximum absolute atomic E-state index is 4.53. The number of anilines is 3. The van der Waals surface area contributed by atoms with E-state index in [4.69, 9.17) is 0 Å². The molecule has 3 rings (SSSR count). The molecule has 4 heteroatoms. The highest BCUT2D eigenvalue weighted by molar-refractivity contribution is 5.59. The van der Waals surface area contributed by atoms with Crippen molar-refractivity contribution in [3.05, 3.63) is 41.7 Å². The Bertz CT molecular complexity index is 630. The second-order valence-corrected chi connectivity index (χ2v) is 6.34. The third-order valence-electron chi connectivity index (χ3n) is 4.43. The Labute approximate surface area is 138 Å². The van der Waals surface area contributed by atoms with E-state index in [0.717, 1.165) is 29.6 Å². The van der Waals surface area contributed by atoms with Crippen LogP contribution in [0.1, 0.15) is 50.4 Å². The van der Waals surface area contributed by atoms with Gasteiger partial charge in [-0.2, -0.15) is 0 Å². The fourth-order valence-corrected chi connectivity index (χ4v) is 3.13. The molecule has 2 aromatic rings. The average molecular weight is 310 g/mol. The quantitative estimate of drug-likeness (QED) is 0.830. The monoisotopic (exact) mass is 310 g/mol. The minimum absolute atomic E-state index is 0.551. The topological polar surface area (TPSA) is 49.8 Å². The van der Waals surface area contributed by atoms with Gasteiger partial charge in [-0.15, -0.1) is 0 Å². The first kappa shape index (κ1) is 15.8. The lowest BCUT2D eigenvalue weighted by Gasteiger charge is -2.23. The second-order valence-electron chi connectivity index (χ2n) is 6.34. The maximum Gasteiger partial charge on any atom is 0.136 e. The van der Waals surface area contributed by atoms with E-state index in [9.17, 15) is 0 Å². The molecule has 0 amide bonds. The van der Waals surface area contributed by atoms with Crippen LogP contribution in [0.15, 0.2) is 30.3 Å². The molecule has 1 fully saturated rings. The minimum atomic E-state index is 0.551. The van der Waals surface area contributed by atoms with Gasteiger partial charge in [0.15, 0.2) is 0 Å². The smallest absolute Gasteiger partial charge is 0.136 e. The number of hydrogen-bond donors (Lipinski definition) is 2. The van der Waals surface area contributed by atoms with Gasteiger partial charge >= 0.3 is 0 Å². The Morgan fingerprint density at radius 2 is 1.70 bits per heavy atom. The van der Waals surface area contributed by atoms with Crippen molar-refractivity contribution in [3.8, 4) is 0 Å². The van der Waals surface area contributed by atoms with Gasteiger partial charge in [0.05, 0.1) is 0 Å². The Kier molecular flexibility index (Phi) is 5.11. The van der Waals surface area contributed by atoms with Gasteiger partial charge in [-0.3, -0.25) is 0 Å². The highest BCUT2D eigenvalue weighted by Gasteiger charge is 2.14. The highest BCUT2D eigenvalue weighted by atomic mass is 15.1. The van der Waals surface area contributed by atoms with Crippen LogP contribution in [0.4, 0.5) is 17.3 Å². The van der Waals surface area contributed by atoms with E-state index in [1.54, 1.807) is 0 Å². The molecule has 0 radical (unpaired) electrons. The van der Waals surface area contributed by atoms with Crippen LogP contribution in [0.5, 0.6) is 0 Å². The van der Waals surface area contributed by atoms with Crippen LogP contribution in [0.2, 0.25) is 0 Å². The van der Waals surface area contributed by atoms with E-state index in [2.05, 4.69) is 51.8 Å². The summed E-state index contributed by atoms with van der Waals surface area (Å²) in [5.74, 6) is 2.57. The molecule has 23 heavy (non-hydrogen) atoms. The molecular formula is C19H26N4. The van der Waals surface area contributed by atoms with Crippen LogP contribution in [0.3, 0.4) is 0 Å². The van der Waals surface area contributed by atoms with Crippen LogP contribution < -0.4 is 10.6 Å². The Morgan fingerprint density at radius 1 is 1.00 bits per heavy atom. The third-order valence-corrected chi connectivity index (χ3v) is 4.43. The summed E-state index contributed by atoms with van der Waals surface area (Å²) in [5, 5.41) is 6.96.